The first-order chi connectivity index (χ1) is 9.20. The summed E-state index contributed by atoms with van der Waals surface area (Å²) in [6.07, 6.45) is 1.63. The van der Waals surface area contributed by atoms with E-state index in [2.05, 4.69) is 30.9 Å². The van der Waals surface area contributed by atoms with Crippen LogP contribution in [0.3, 0.4) is 0 Å². The summed E-state index contributed by atoms with van der Waals surface area (Å²) in [5.74, 6) is 0.976. The zero-order valence-electron chi connectivity index (χ0n) is 10.0. The SMILES string of the molecule is COn1c(-c2cccnc2N)nc2ccc(Br)nc21. The quantitative estimate of drug-likeness (QED) is 0.730. The number of anilines is 1. The molecule has 0 amide bonds. The molecule has 0 saturated heterocycles. The van der Waals surface area contributed by atoms with Crippen molar-refractivity contribution in [3.63, 3.8) is 0 Å². The van der Waals surface area contributed by atoms with Gasteiger partial charge in [-0.15, -0.1) is 4.73 Å². The number of aromatic nitrogens is 4. The fourth-order valence-electron chi connectivity index (χ4n) is 1.86. The van der Waals surface area contributed by atoms with Crippen LogP contribution in [0, 0.1) is 0 Å². The minimum Gasteiger partial charge on any atom is -0.413 e. The van der Waals surface area contributed by atoms with Gasteiger partial charge in [0.1, 0.15) is 23.0 Å². The van der Waals surface area contributed by atoms with Crippen molar-refractivity contribution in [3.8, 4) is 11.4 Å². The van der Waals surface area contributed by atoms with Crippen LogP contribution in [0.4, 0.5) is 5.82 Å². The summed E-state index contributed by atoms with van der Waals surface area (Å²) in [5, 5.41) is 0. The van der Waals surface area contributed by atoms with Gasteiger partial charge < -0.3 is 10.6 Å². The lowest BCUT2D eigenvalue weighted by molar-refractivity contribution is 0.180. The van der Waals surface area contributed by atoms with Gasteiger partial charge in [-0.25, -0.2) is 15.0 Å². The third-order valence-corrected chi connectivity index (χ3v) is 3.14. The smallest absolute Gasteiger partial charge is 0.197 e. The van der Waals surface area contributed by atoms with Gasteiger partial charge in [0.25, 0.3) is 0 Å². The number of pyridine rings is 2. The van der Waals surface area contributed by atoms with Crippen LogP contribution in [0.2, 0.25) is 0 Å². The number of hydrogen-bond acceptors (Lipinski definition) is 5. The molecule has 0 aliphatic carbocycles. The molecule has 0 aromatic carbocycles. The van der Waals surface area contributed by atoms with E-state index < -0.39 is 0 Å². The van der Waals surface area contributed by atoms with Gasteiger partial charge in [0.2, 0.25) is 0 Å². The average Bonchev–Trinajstić information content (AvgIpc) is 2.76. The largest absolute Gasteiger partial charge is 0.413 e. The van der Waals surface area contributed by atoms with E-state index >= 15 is 0 Å². The first-order valence-corrected chi connectivity index (χ1v) is 6.30. The summed E-state index contributed by atoms with van der Waals surface area (Å²) < 4.78 is 2.25. The highest BCUT2D eigenvalue weighted by Crippen LogP contribution is 2.26. The number of imidazole rings is 1. The van der Waals surface area contributed by atoms with Crippen LogP contribution in [0.1, 0.15) is 0 Å². The Hall–Kier alpha value is -2.15. The van der Waals surface area contributed by atoms with E-state index in [4.69, 9.17) is 10.6 Å². The number of nitrogen functional groups attached to an aromatic ring is 1. The number of rotatable bonds is 2. The van der Waals surface area contributed by atoms with Gasteiger partial charge in [-0.2, -0.15) is 0 Å². The predicted molar refractivity (Wildman–Crippen MR) is 75.4 cm³/mol. The van der Waals surface area contributed by atoms with Crippen molar-refractivity contribution in [2.75, 3.05) is 12.8 Å². The molecule has 2 N–H and O–H groups in total. The Morgan fingerprint density at radius 2 is 2.11 bits per heavy atom. The standard InChI is InChI=1S/C12H10BrN5O/c1-19-18-11(7-3-2-6-15-10(7)14)16-8-4-5-9(13)17-12(8)18/h2-6H,1H3,(H2,14,15). The number of nitrogens with zero attached hydrogens (tertiary/aromatic N) is 4. The molecule has 0 aliphatic rings. The highest BCUT2D eigenvalue weighted by atomic mass is 79.9. The maximum Gasteiger partial charge on any atom is 0.197 e. The third-order valence-electron chi connectivity index (χ3n) is 2.69. The summed E-state index contributed by atoms with van der Waals surface area (Å²) >= 11 is 3.33. The van der Waals surface area contributed by atoms with E-state index in [0.29, 0.717) is 27.5 Å². The fraction of sp³-hybridized carbons (Fsp3) is 0.0833. The second-order valence-electron chi connectivity index (χ2n) is 3.83. The molecule has 19 heavy (non-hydrogen) atoms. The van der Waals surface area contributed by atoms with Gasteiger partial charge in [0.05, 0.1) is 5.56 Å². The summed E-state index contributed by atoms with van der Waals surface area (Å²) in [4.78, 5) is 18.3. The Balaban J connectivity index is 2.33. The molecule has 3 aromatic heterocycles. The highest BCUT2D eigenvalue weighted by molar-refractivity contribution is 9.10. The number of nitrogens with two attached hydrogens (primary N) is 1. The molecule has 3 heterocycles. The Bertz CT molecular complexity index is 755. The normalized spacial score (nSPS) is 10.8. The molecular weight excluding hydrogens is 310 g/mol. The van der Waals surface area contributed by atoms with Crippen LogP contribution in [-0.4, -0.2) is 26.8 Å². The first-order valence-electron chi connectivity index (χ1n) is 5.51. The van der Waals surface area contributed by atoms with Crippen molar-refractivity contribution in [2.24, 2.45) is 0 Å². The van der Waals surface area contributed by atoms with Gasteiger partial charge in [0, 0.05) is 6.20 Å². The summed E-state index contributed by atoms with van der Waals surface area (Å²) in [7, 11) is 1.56. The van der Waals surface area contributed by atoms with Crippen molar-refractivity contribution in [1.29, 1.82) is 0 Å². The molecule has 0 atom stereocenters. The molecule has 0 saturated carbocycles. The lowest BCUT2D eigenvalue weighted by atomic mass is 10.2. The molecule has 6 nitrogen and oxygen atoms in total. The third kappa shape index (κ3) is 1.91. The maximum absolute atomic E-state index is 5.88. The second-order valence-corrected chi connectivity index (χ2v) is 4.64. The Kier molecular flexibility index (Phi) is 2.83. The highest BCUT2D eigenvalue weighted by Gasteiger charge is 2.16. The van der Waals surface area contributed by atoms with Gasteiger partial charge in [0.15, 0.2) is 11.5 Å². The molecule has 96 valence electrons. The van der Waals surface area contributed by atoms with Crippen LogP contribution < -0.4 is 10.6 Å². The first kappa shape index (κ1) is 11.9. The van der Waals surface area contributed by atoms with Gasteiger partial charge in [-0.1, -0.05) is 0 Å². The monoisotopic (exact) mass is 319 g/mol. The van der Waals surface area contributed by atoms with Crippen LogP contribution >= 0.6 is 15.9 Å². The van der Waals surface area contributed by atoms with Gasteiger partial charge in [-0.05, 0) is 40.2 Å². The maximum atomic E-state index is 5.88. The van der Waals surface area contributed by atoms with Crippen LogP contribution in [0.5, 0.6) is 0 Å². The van der Waals surface area contributed by atoms with Crippen molar-refractivity contribution in [2.45, 2.75) is 0 Å². The minimum absolute atomic E-state index is 0.398. The van der Waals surface area contributed by atoms with E-state index in [0.717, 1.165) is 5.52 Å². The van der Waals surface area contributed by atoms with Gasteiger partial charge in [-0.3, -0.25) is 0 Å². The van der Waals surface area contributed by atoms with Crippen molar-refractivity contribution >= 4 is 32.9 Å². The van der Waals surface area contributed by atoms with Gasteiger partial charge >= 0.3 is 0 Å². The Labute approximate surface area is 117 Å². The van der Waals surface area contributed by atoms with Crippen LogP contribution in [-0.2, 0) is 0 Å². The van der Waals surface area contributed by atoms with E-state index in [1.165, 1.54) is 4.73 Å². The molecular formula is C12H10BrN5O. The van der Waals surface area contributed by atoms with E-state index in [1.807, 2.05) is 18.2 Å². The molecule has 0 radical (unpaired) electrons. The Morgan fingerprint density at radius 1 is 1.26 bits per heavy atom. The predicted octanol–water partition coefficient (Wildman–Crippen LogP) is 1.90. The average molecular weight is 320 g/mol. The Morgan fingerprint density at radius 3 is 2.84 bits per heavy atom. The molecule has 3 aromatic rings. The van der Waals surface area contributed by atoms with Crippen molar-refractivity contribution in [1.82, 2.24) is 19.7 Å². The van der Waals surface area contributed by atoms with Crippen LogP contribution in [0.15, 0.2) is 35.1 Å². The van der Waals surface area contributed by atoms with Crippen molar-refractivity contribution < 1.29 is 4.84 Å². The topological polar surface area (TPSA) is 78.9 Å². The van der Waals surface area contributed by atoms with E-state index in [9.17, 15) is 0 Å². The zero-order chi connectivity index (χ0) is 13.4. The van der Waals surface area contributed by atoms with Crippen LogP contribution in [0.25, 0.3) is 22.6 Å². The summed E-state index contributed by atoms with van der Waals surface area (Å²) in [6.45, 7) is 0. The molecule has 0 bridgehead atoms. The number of fused-ring (bicyclic) bond motifs is 1. The second kappa shape index (κ2) is 4.51. The lowest BCUT2D eigenvalue weighted by Gasteiger charge is -2.07. The minimum atomic E-state index is 0.398. The molecule has 0 aliphatic heterocycles. The molecule has 3 rings (SSSR count). The van der Waals surface area contributed by atoms with Crippen molar-refractivity contribution in [3.05, 3.63) is 35.1 Å². The molecule has 0 spiro atoms. The number of halogens is 1. The molecule has 0 unspecified atom stereocenters. The fourth-order valence-corrected chi connectivity index (χ4v) is 2.16. The van der Waals surface area contributed by atoms with E-state index in [1.54, 1.807) is 19.4 Å². The lowest BCUT2D eigenvalue weighted by Crippen LogP contribution is -2.09. The molecule has 0 fully saturated rings. The molecule has 7 heteroatoms. The number of hydrogen-bond donors (Lipinski definition) is 1. The van der Waals surface area contributed by atoms with E-state index in [-0.39, 0.29) is 0 Å². The summed E-state index contributed by atoms with van der Waals surface area (Å²) in [5.41, 5.74) is 7.93. The summed E-state index contributed by atoms with van der Waals surface area (Å²) in [6, 6.07) is 7.33. The zero-order valence-corrected chi connectivity index (χ0v) is 11.6.